The molecule has 0 aromatic carbocycles. The highest BCUT2D eigenvalue weighted by Gasteiger charge is 2.34. The summed E-state index contributed by atoms with van der Waals surface area (Å²) in [5.41, 5.74) is 1.76. The topological polar surface area (TPSA) is 0 Å². The van der Waals surface area contributed by atoms with E-state index in [-0.39, 0.29) is 0 Å². The molecule has 0 heterocycles. The largest absolute Gasteiger partial charge is 0.0819 e. The molecule has 0 radical (unpaired) electrons. The van der Waals surface area contributed by atoms with Crippen molar-refractivity contribution in [3.63, 3.8) is 0 Å². The summed E-state index contributed by atoms with van der Waals surface area (Å²) < 4.78 is 0. The van der Waals surface area contributed by atoms with Gasteiger partial charge in [0.05, 0.1) is 0 Å². The maximum Gasteiger partial charge on any atom is -0.0172 e. The standard InChI is InChI=1S/C18H30/c1-14-12-17(15-8-4-2-5-9-15)13-18(14)16-10-6-3-7-11-16/h12,15-18H,2-11,13H2,1H3. The maximum absolute atomic E-state index is 2.69. The first kappa shape index (κ1) is 12.8. The third-order valence-corrected chi connectivity index (χ3v) is 6.06. The summed E-state index contributed by atoms with van der Waals surface area (Å²) in [7, 11) is 0. The van der Waals surface area contributed by atoms with Crippen molar-refractivity contribution in [2.24, 2.45) is 23.7 Å². The highest BCUT2D eigenvalue weighted by Crippen LogP contribution is 2.46. The van der Waals surface area contributed by atoms with Crippen molar-refractivity contribution < 1.29 is 0 Å². The number of hydrogen-bond donors (Lipinski definition) is 0. The lowest BCUT2D eigenvalue weighted by atomic mass is 9.74. The van der Waals surface area contributed by atoms with Gasteiger partial charge in [0.1, 0.15) is 0 Å². The summed E-state index contributed by atoms with van der Waals surface area (Å²) in [6, 6.07) is 0. The third-order valence-electron chi connectivity index (χ3n) is 6.06. The minimum atomic E-state index is 0.956. The zero-order chi connectivity index (χ0) is 12.4. The van der Waals surface area contributed by atoms with Gasteiger partial charge >= 0.3 is 0 Å². The zero-order valence-corrected chi connectivity index (χ0v) is 12.2. The van der Waals surface area contributed by atoms with Crippen LogP contribution in [0.3, 0.4) is 0 Å². The molecule has 0 nitrogen and oxygen atoms in total. The third kappa shape index (κ3) is 2.68. The molecule has 3 aliphatic carbocycles. The molecule has 3 rings (SSSR count). The van der Waals surface area contributed by atoms with Crippen LogP contribution >= 0.6 is 0 Å². The Labute approximate surface area is 113 Å². The predicted molar refractivity (Wildman–Crippen MR) is 78.5 cm³/mol. The second-order valence-corrected chi connectivity index (χ2v) is 7.21. The van der Waals surface area contributed by atoms with E-state index in [0.29, 0.717) is 0 Å². The molecule has 0 N–H and O–H groups in total. The van der Waals surface area contributed by atoms with E-state index in [0.717, 1.165) is 23.7 Å². The molecule has 0 aromatic heterocycles. The van der Waals surface area contributed by atoms with Crippen LogP contribution in [0.25, 0.3) is 0 Å². The van der Waals surface area contributed by atoms with E-state index in [4.69, 9.17) is 0 Å². The Morgan fingerprint density at radius 3 is 1.94 bits per heavy atom. The first-order valence-corrected chi connectivity index (χ1v) is 8.53. The molecular formula is C18H30. The average Bonchev–Trinajstić information content (AvgIpc) is 2.83. The van der Waals surface area contributed by atoms with Crippen LogP contribution in [0, 0.1) is 23.7 Å². The van der Waals surface area contributed by atoms with Gasteiger partial charge in [-0.2, -0.15) is 0 Å². The average molecular weight is 246 g/mol. The van der Waals surface area contributed by atoms with E-state index in [1.807, 2.05) is 0 Å². The van der Waals surface area contributed by atoms with Gasteiger partial charge in [-0.1, -0.05) is 50.2 Å². The molecule has 0 saturated heterocycles. The molecule has 0 bridgehead atoms. The lowest BCUT2D eigenvalue weighted by Gasteiger charge is -2.31. The summed E-state index contributed by atoms with van der Waals surface area (Å²) in [5, 5.41) is 0. The Morgan fingerprint density at radius 1 is 0.778 bits per heavy atom. The van der Waals surface area contributed by atoms with Crippen LogP contribution in [0.5, 0.6) is 0 Å². The SMILES string of the molecule is CC1=CC(C2CCCCC2)CC1C1CCCCC1. The molecule has 2 unspecified atom stereocenters. The Hall–Kier alpha value is -0.260. The highest BCUT2D eigenvalue weighted by molar-refractivity contribution is 5.16. The molecule has 0 aromatic rings. The summed E-state index contributed by atoms with van der Waals surface area (Å²) >= 11 is 0. The monoisotopic (exact) mass is 246 g/mol. The molecule has 0 heteroatoms. The highest BCUT2D eigenvalue weighted by atomic mass is 14.4. The van der Waals surface area contributed by atoms with Crippen LogP contribution in [0.4, 0.5) is 0 Å². The van der Waals surface area contributed by atoms with Crippen molar-refractivity contribution in [2.45, 2.75) is 77.6 Å². The van der Waals surface area contributed by atoms with Gasteiger partial charge in [0.15, 0.2) is 0 Å². The summed E-state index contributed by atoms with van der Waals surface area (Å²) in [6.45, 7) is 2.43. The van der Waals surface area contributed by atoms with E-state index in [1.165, 1.54) is 70.6 Å². The van der Waals surface area contributed by atoms with Gasteiger partial charge in [-0.15, -0.1) is 0 Å². The van der Waals surface area contributed by atoms with E-state index >= 15 is 0 Å². The van der Waals surface area contributed by atoms with E-state index in [1.54, 1.807) is 5.57 Å². The summed E-state index contributed by atoms with van der Waals surface area (Å²) in [6.07, 6.45) is 19.3. The Balaban J connectivity index is 1.60. The Morgan fingerprint density at radius 2 is 1.33 bits per heavy atom. The molecule has 2 atom stereocenters. The first-order chi connectivity index (χ1) is 8.84. The molecule has 102 valence electrons. The van der Waals surface area contributed by atoms with E-state index in [9.17, 15) is 0 Å². The molecule has 0 spiro atoms. The maximum atomic E-state index is 2.69. The van der Waals surface area contributed by atoms with E-state index in [2.05, 4.69) is 13.0 Å². The van der Waals surface area contributed by atoms with Crippen molar-refractivity contribution in [3.8, 4) is 0 Å². The quantitative estimate of drug-likeness (QED) is 0.546. The summed E-state index contributed by atoms with van der Waals surface area (Å²) in [4.78, 5) is 0. The van der Waals surface area contributed by atoms with Gasteiger partial charge in [-0.25, -0.2) is 0 Å². The number of rotatable bonds is 2. The van der Waals surface area contributed by atoms with Crippen LogP contribution in [-0.4, -0.2) is 0 Å². The molecule has 2 fully saturated rings. The molecule has 18 heavy (non-hydrogen) atoms. The van der Waals surface area contributed by atoms with Crippen LogP contribution in [0.2, 0.25) is 0 Å². The van der Waals surface area contributed by atoms with Gasteiger partial charge in [0.25, 0.3) is 0 Å². The molecule has 0 aliphatic heterocycles. The Bertz CT molecular complexity index is 289. The smallest absolute Gasteiger partial charge is 0.0172 e. The predicted octanol–water partition coefficient (Wildman–Crippen LogP) is 5.73. The number of hydrogen-bond acceptors (Lipinski definition) is 0. The van der Waals surface area contributed by atoms with Gasteiger partial charge in [0, 0.05) is 0 Å². The number of allylic oxidation sites excluding steroid dienone is 2. The van der Waals surface area contributed by atoms with Crippen molar-refractivity contribution >= 4 is 0 Å². The van der Waals surface area contributed by atoms with Crippen LogP contribution in [0.15, 0.2) is 11.6 Å². The Kier molecular flexibility index (Phi) is 4.11. The zero-order valence-electron chi connectivity index (χ0n) is 12.2. The fourth-order valence-corrected chi connectivity index (χ4v) is 5.00. The second-order valence-electron chi connectivity index (χ2n) is 7.21. The van der Waals surface area contributed by atoms with Crippen LogP contribution in [0.1, 0.15) is 77.6 Å². The van der Waals surface area contributed by atoms with Crippen LogP contribution < -0.4 is 0 Å². The molecule has 2 saturated carbocycles. The normalized spacial score (nSPS) is 35.7. The van der Waals surface area contributed by atoms with Crippen molar-refractivity contribution in [2.75, 3.05) is 0 Å². The molecule has 3 aliphatic rings. The van der Waals surface area contributed by atoms with Gasteiger partial charge in [-0.3, -0.25) is 0 Å². The second kappa shape index (κ2) is 5.80. The van der Waals surface area contributed by atoms with Gasteiger partial charge < -0.3 is 0 Å². The van der Waals surface area contributed by atoms with Gasteiger partial charge in [-0.05, 0) is 62.7 Å². The lowest BCUT2D eigenvalue weighted by molar-refractivity contribution is 0.223. The fraction of sp³-hybridized carbons (Fsp3) is 0.889. The van der Waals surface area contributed by atoms with Crippen molar-refractivity contribution in [1.82, 2.24) is 0 Å². The molecular weight excluding hydrogens is 216 g/mol. The van der Waals surface area contributed by atoms with Crippen molar-refractivity contribution in [3.05, 3.63) is 11.6 Å². The molecule has 0 amide bonds. The minimum absolute atomic E-state index is 0.956. The minimum Gasteiger partial charge on any atom is -0.0819 e. The summed E-state index contributed by atoms with van der Waals surface area (Å²) in [5.74, 6) is 4.01. The van der Waals surface area contributed by atoms with Gasteiger partial charge in [0.2, 0.25) is 0 Å². The fourth-order valence-electron chi connectivity index (χ4n) is 5.00. The van der Waals surface area contributed by atoms with E-state index < -0.39 is 0 Å². The van der Waals surface area contributed by atoms with Crippen LogP contribution in [-0.2, 0) is 0 Å². The lowest BCUT2D eigenvalue weighted by Crippen LogP contribution is -2.20. The van der Waals surface area contributed by atoms with Crippen molar-refractivity contribution in [1.29, 1.82) is 0 Å². The first-order valence-electron chi connectivity index (χ1n) is 8.53.